The molecule has 2 heterocycles. The van der Waals surface area contributed by atoms with E-state index in [1.807, 2.05) is 67.6 Å². The van der Waals surface area contributed by atoms with Gasteiger partial charge in [0.15, 0.2) is 0 Å². The number of carbonyl (C=O) groups excluding carboxylic acids is 3. The predicted molar refractivity (Wildman–Crippen MR) is 168 cm³/mol. The number of rotatable bonds is 8. The summed E-state index contributed by atoms with van der Waals surface area (Å²) in [5.74, 6) is -0.348. The Morgan fingerprint density at radius 1 is 0.911 bits per heavy atom. The van der Waals surface area contributed by atoms with Gasteiger partial charge in [-0.25, -0.2) is 4.68 Å². The van der Waals surface area contributed by atoms with Crippen LogP contribution in [0.1, 0.15) is 42.1 Å². The molecule has 10 heteroatoms. The molecule has 228 valence electrons. The molecule has 2 aliphatic rings. The first kappa shape index (κ1) is 29.8. The Kier molecular flexibility index (Phi) is 8.18. The molecule has 1 saturated heterocycles. The summed E-state index contributed by atoms with van der Waals surface area (Å²) in [6, 6.07) is 24.5. The van der Waals surface area contributed by atoms with Crippen LogP contribution in [0.15, 0.2) is 79.0 Å². The lowest BCUT2D eigenvalue weighted by atomic mass is 9.90. The number of nitrogens with one attached hydrogen (secondary N) is 1. The minimum absolute atomic E-state index is 0.0117. The van der Waals surface area contributed by atoms with Gasteiger partial charge >= 0.3 is 0 Å². The fraction of sp³-hybridized carbons (Fsp3) is 0.314. The van der Waals surface area contributed by atoms with E-state index in [0.29, 0.717) is 37.4 Å². The summed E-state index contributed by atoms with van der Waals surface area (Å²) in [5, 5.41) is 20.8. The molecule has 10 nitrogen and oxygen atoms in total. The van der Waals surface area contributed by atoms with Crippen LogP contribution in [-0.4, -0.2) is 74.7 Å². The zero-order valence-corrected chi connectivity index (χ0v) is 25.4. The highest BCUT2D eigenvalue weighted by atomic mass is 16.2. The van der Waals surface area contributed by atoms with Crippen LogP contribution >= 0.6 is 0 Å². The van der Waals surface area contributed by atoms with Crippen LogP contribution in [0.3, 0.4) is 0 Å². The molecule has 2 fully saturated rings. The van der Waals surface area contributed by atoms with Crippen LogP contribution in [0, 0.1) is 18.3 Å². The first-order valence-electron chi connectivity index (χ1n) is 15.2. The van der Waals surface area contributed by atoms with E-state index in [4.69, 9.17) is 5.26 Å². The smallest absolute Gasteiger partial charge is 0.245 e. The van der Waals surface area contributed by atoms with Crippen molar-refractivity contribution < 1.29 is 14.4 Å². The Balaban J connectivity index is 1.20. The molecule has 1 N–H and O–H groups in total. The van der Waals surface area contributed by atoms with Crippen LogP contribution in [0.2, 0.25) is 0 Å². The number of nitrogens with zero attached hydrogens (tertiary/aromatic N) is 6. The number of carbonyl (C=O) groups is 3. The van der Waals surface area contributed by atoms with Gasteiger partial charge in [-0.15, -0.1) is 5.10 Å². The molecule has 1 saturated carbocycles. The van der Waals surface area contributed by atoms with E-state index in [2.05, 4.69) is 21.7 Å². The first-order chi connectivity index (χ1) is 21.8. The van der Waals surface area contributed by atoms with Gasteiger partial charge in [-0.3, -0.25) is 14.4 Å². The summed E-state index contributed by atoms with van der Waals surface area (Å²) in [7, 11) is 0. The maximum Gasteiger partial charge on any atom is 0.245 e. The van der Waals surface area contributed by atoms with E-state index in [0.717, 1.165) is 40.8 Å². The van der Waals surface area contributed by atoms with Crippen molar-refractivity contribution in [1.29, 1.82) is 5.26 Å². The monoisotopic (exact) mass is 601 g/mol. The summed E-state index contributed by atoms with van der Waals surface area (Å²) < 4.78 is 1.66. The molecule has 1 aromatic heterocycles. The highest BCUT2D eigenvalue weighted by molar-refractivity contribution is 5.95. The molecule has 4 aromatic rings. The summed E-state index contributed by atoms with van der Waals surface area (Å²) >= 11 is 0. The highest BCUT2D eigenvalue weighted by Gasteiger charge is 2.52. The number of aryl methyl sites for hydroxylation is 1. The number of amides is 3. The van der Waals surface area contributed by atoms with Crippen molar-refractivity contribution in [3.8, 4) is 22.9 Å². The molecule has 1 aliphatic heterocycles. The Morgan fingerprint density at radius 2 is 1.53 bits per heavy atom. The van der Waals surface area contributed by atoms with Crippen molar-refractivity contribution in [3.63, 3.8) is 0 Å². The number of hydrogen-bond acceptors (Lipinski definition) is 6. The molecule has 0 bridgehead atoms. The van der Waals surface area contributed by atoms with Crippen LogP contribution < -0.4 is 5.32 Å². The second kappa shape index (κ2) is 12.4. The SMILES string of the molecule is CC(=O)N1CCN(C(=O)C(Cc2cn(-c3ccc(-c4ccc(C#N)cc4)cc3)nn2)NC(=O)C2(c3ccccc3C)CC2)CC1. The van der Waals surface area contributed by atoms with Crippen molar-refractivity contribution in [1.82, 2.24) is 30.1 Å². The van der Waals surface area contributed by atoms with Crippen LogP contribution in [0.25, 0.3) is 16.8 Å². The maximum atomic E-state index is 13.9. The topological polar surface area (TPSA) is 124 Å². The highest BCUT2D eigenvalue weighted by Crippen LogP contribution is 2.49. The van der Waals surface area contributed by atoms with E-state index < -0.39 is 11.5 Å². The van der Waals surface area contributed by atoms with E-state index in [-0.39, 0.29) is 24.1 Å². The van der Waals surface area contributed by atoms with Gasteiger partial charge in [-0.2, -0.15) is 5.26 Å². The first-order valence-corrected chi connectivity index (χ1v) is 15.2. The standard InChI is InChI=1S/C35H35N7O3/c1-24-5-3-4-6-31(24)35(15-16-35)34(45)37-32(33(44)41-19-17-40(18-20-41)25(2)43)21-29-23-42(39-38-29)30-13-11-28(12-14-30)27-9-7-26(22-36)8-10-27/h3-14,23,32H,15-21H2,1-2H3,(H,37,45). The van der Waals surface area contributed by atoms with Crippen LogP contribution in [0.4, 0.5) is 0 Å². The fourth-order valence-electron chi connectivity index (χ4n) is 6.08. The molecule has 0 spiro atoms. The summed E-state index contributed by atoms with van der Waals surface area (Å²) in [6.07, 6.45) is 3.43. The second-order valence-corrected chi connectivity index (χ2v) is 11.8. The molecule has 3 aromatic carbocycles. The van der Waals surface area contributed by atoms with Gasteiger partial charge in [-0.1, -0.05) is 53.7 Å². The number of nitriles is 1. The molecule has 1 aliphatic carbocycles. The van der Waals surface area contributed by atoms with Crippen molar-refractivity contribution in [2.45, 2.75) is 44.6 Å². The van der Waals surface area contributed by atoms with Crippen LogP contribution in [-0.2, 0) is 26.2 Å². The number of piperazine rings is 1. The van der Waals surface area contributed by atoms with Crippen molar-refractivity contribution in [3.05, 3.63) is 101 Å². The van der Waals surface area contributed by atoms with Gasteiger partial charge in [0.1, 0.15) is 6.04 Å². The third-order valence-electron chi connectivity index (χ3n) is 8.92. The van der Waals surface area contributed by atoms with E-state index in [1.54, 1.807) is 32.8 Å². The summed E-state index contributed by atoms with van der Waals surface area (Å²) in [5.41, 5.74) is 5.42. The van der Waals surface area contributed by atoms with Gasteiger partial charge in [-0.05, 0) is 66.3 Å². The molecule has 1 unspecified atom stereocenters. The molecular weight excluding hydrogens is 566 g/mol. The van der Waals surface area contributed by atoms with Gasteiger partial charge < -0.3 is 15.1 Å². The van der Waals surface area contributed by atoms with Crippen LogP contribution in [0.5, 0.6) is 0 Å². The Labute approximate surface area is 262 Å². The third-order valence-corrected chi connectivity index (χ3v) is 8.92. The minimum Gasteiger partial charge on any atom is -0.343 e. The van der Waals surface area contributed by atoms with Crippen molar-refractivity contribution in [2.75, 3.05) is 26.2 Å². The van der Waals surface area contributed by atoms with E-state index in [9.17, 15) is 14.4 Å². The van der Waals surface area contributed by atoms with E-state index >= 15 is 0 Å². The number of aromatic nitrogens is 3. The summed E-state index contributed by atoms with van der Waals surface area (Å²) in [6.45, 7) is 5.28. The largest absolute Gasteiger partial charge is 0.343 e. The lowest BCUT2D eigenvalue weighted by molar-refractivity contribution is -0.141. The second-order valence-electron chi connectivity index (χ2n) is 11.8. The summed E-state index contributed by atoms with van der Waals surface area (Å²) in [4.78, 5) is 43.0. The van der Waals surface area contributed by atoms with Gasteiger partial charge in [0.2, 0.25) is 17.7 Å². The molecule has 45 heavy (non-hydrogen) atoms. The average molecular weight is 602 g/mol. The molecule has 3 amide bonds. The van der Waals surface area contributed by atoms with Crippen molar-refractivity contribution in [2.24, 2.45) is 0 Å². The van der Waals surface area contributed by atoms with Gasteiger partial charge in [0.25, 0.3) is 0 Å². The minimum atomic E-state index is -0.827. The zero-order chi connectivity index (χ0) is 31.6. The Morgan fingerprint density at radius 3 is 2.13 bits per heavy atom. The quantitative estimate of drug-likeness (QED) is 0.329. The molecule has 1 atom stereocenters. The molecular formula is C35H35N7O3. The number of benzene rings is 3. The normalized spacial score (nSPS) is 16.0. The fourth-order valence-corrected chi connectivity index (χ4v) is 6.08. The van der Waals surface area contributed by atoms with Crippen molar-refractivity contribution >= 4 is 17.7 Å². The Bertz CT molecular complexity index is 1760. The van der Waals surface area contributed by atoms with Gasteiger partial charge in [0, 0.05) is 39.5 Å². The lowest BCUT2D eigenvalue weighted by Crippen LogP contribution is -2.57. The predicted octanol–water partition coefficient (Wildman–Crippen LogP) is 3.56. The molecule has 0 radical (unpaired) electrons. The van der Waals surface area contributed by atoms with E-state index in [1.165, 1.54) is 6.92 Å². The maximum absolute atomic E-state index is 13.9. The average Bonchev–Trinajstić information content (AvgIpc) is 3.75. The van der Waals surface area contributed by atoms with Gasteiger partial charge in [0.05, 0.1) is 34.6 Å². The molecule has 6 rings (SSSR count). The lowest BCUT2D eigenvalue weighted by Gasteiger charge is -2.36. The third kappa shape index (κ3) is 6.20. The Hall–Kier alpha value is -5.30. The zero-order valence-electron chi connectivity index (χ0n) is 25.4. The number of hydrogen-bond donors (Lipinski definition) is 1.